The molecule has 1 atom stereocenters. The standard InChI is InChI=1S/C7H9N3/c1-6(8-2)7-4-9-10(3)5-7/h4-6H,1,3H3. The van der Waals surface area contributed by atoms with Gasteiger partial charge in [0.25, 0.3) is 0 Å². The van der Waals surface area contributed by atoms with E-state index in [0.717, 1.165) is 5.56 Å². The van der Waals surface area contributed by atoms with Gasteiger partial charge in [-0.3, -0.25) is 4.68 Å². The second kappa shape index (κ2) is 2.53. The SMILES string of the molecule is [C-]#[N+]C(C)c1cnn(C)c1. The Morgan fingerprint density at radius 3 is 2.90 bits per heavy atom. The molecule has 1 aromatic heterocycles. The highest BCUT2D eigenvalue weighted by atomic mass is 15.2. The van der Waals surface area contributed by atoms with Crippen molar-refractivity contribution in [2.24, 2.45) is 7.05 Å². The maximum atomic E-state index is 6.74. The highest BCUT2D eigenvalue weighted by Gasteiger charge is 2.08. The van der Waals surface area contributed by atoms with Crippen LogP contribution in [0.15, 0.2) is 12.4 Å². The summed E-state index contributed by atoms with van der Waals surface area (Å²) in [6, 6.07) is -0.0614. The lowest BCUT2D eigenvalue weighted by Gasteiger charge is -1.89. The molecule has 0 fully saturated rings. The maximum Gasteiger partial charge on any atom is 0.249 e. The molecule has 10 heavy (non-hydrogen) atoms. The van der Waals surface area contributed by atoms with Crippen LogP contribution in [0.4, 0.5) is 0 Å². The van der Waals surface area contributed by atoms with Gasteiger partial charge in [0, 0.05) is 20.2 Å². The molecule has 0 amide bonds. The number of nitrogens with zero attached hydrogens (tertiary/aromatic N) is 3. The zero-order valence-corrected chi connectivity index (χ0v) is 6.07. The van der Waals surface area contributed by atoms with Crippen LogP contribution in [0.3, 0.4) is 0 Å². The molecule has 0 saturated carbocycles. The van der Waals surface area contributed by atoms with Crippen molar-refractivity contribution >= 4 is 0 Å². The quantitative estimate of drug-likeness (QED) is 0.533. The zero-order chi connectivity index (χ0) is 7.56. The summed E-state index contributed by atoms with van der Waals surface area (Å²) in [5.41, 5.74) is 0.984. The van der Waals surface area contributed by atoms with Crippen LogP contribution in [0.5, 0.6) is 0 Å². The molecule has 0 bridgehead atoms. The summed E-state index contributed by atoms with van der Waals surface area (Å²) < 4.78 is 1.71. The van der Waals surface area contributed by atoms with E-state index in [9.17, 15) is 0 Å². The van der Waals surface area contributed by atoms with Crippen molar-refractivity contribution in [3.63, 3.8) is 0 Å². The molecule has 0 aliphatic heterocycles. The number of hydrogen-bond donors (Lipinski definition) is 0. The van der Waals surface area contributed by atoms with Crippen LogP contribution in [0.2, 0.25) is 0 Å². The smallest absolute Gasteiger partial charge is 0.249 e. The fraction of sp³-hybridized carbons (Fsp3) is 0.429. The minimum absolute atomic E-state index is 0.0614. The molecule has 1 heterocycles. The van der Waals surface area contributed by atoms with Gasteiger partial charge < -0.3 is 4.85 Å². The topological polar surface area (TPSA) is 22.2 Å². The highest BCUT2D eigenvalue weighted by molar-refractivity contribution is 5.12. The van der Waals surface area contributed by atoms with Gasteiger partial charge in [-0.05, 0) is 0 Å². The van der Waals surface area contributed by atoms with Crippen LogP contribution in [0.25, 0.3) is 4.85 Å². The average molecular weight is 135 g/mol. The van der Waals surface area contributed by atoms with Crippen molar-refractivity contribution < 1.29 is 0 Å². The molecule has 0 aliphatic rings. The third-order valence-electron chi connectivity index (χ3n) is 1.40. The van der Waals surface area contributed by atoms with Crippen molar-refractivity contribution in [2.45, 2.75) is 13.0 Å². The van der Waals surface area contributed by atoms with Crippen molar-refractivity contribution in [3.8, 4) is 0 Å². The van der Waals surface area contributed by atoms with Crippen molar-refractivity contribution in [2.75, 3.05) is 0 Å². The van der Waals surface area contributed by atoms with Gasteiger partial charge in [-0.2, -0.15) is 5.10 Å². The molecule has 0 aliphatic carbocycles. The Hall–Kier alpha value is -1.30. The van der Waals surface area contributed by atoms with E-state index < -0.39 is 0 Å². The Kier molecular flexibility index (Phi) is 1.72. The van der Waals surface area contributed by atoms with Gasteiger partial charge in [0.15, 0.2) is 0 Å². The Balaban J connectivity index is 2.87. The summed E-state index contributed by atoms with van der Waals surface area (Å²) in [5, 5.41) is 3.96. The van der Waals surface area contributed by atoms with Gasteiger partial charge in [-0.25, -0.2) is 6.57 Å². The van der Waals surface area contributed by atoms with Crippen LogP contribution in [-0.2, 0) is 7.05 Å². The average Bonchev–Trinajstić information content (AvgIpc) is 2.34. The molecule has 0 saturated heterocycles. The molecule has 3 heteroatoms. The monoisotopic (exact) mass is 135 g/mol. The summed E-state index contributed by atoms with van der Waals surface area (Å²) in [6.45, 7) is 8.61. The largest absolute Gasteiger partial charge is 0.309 e. The normalized spacial score (nSPS) is 12.5. The van der Waals surface area contributed by atoms with Crippen molar-refractivity contribution in [1.82, 2.24) is 9.78 Å². The lowest BCUT2D eigenvalue weighted by atomic mass is 10.2. The van der Waals surface area contributed by atoms with E-state index in [1.54, 1.807) is 10.9 Å². The van der Waals surface area contributed by atoms with Gasteiger partial charge in [-0.1, -0.05) is 0 Å². The summed E-state index contributed by atoms with van der Waals surface area (Å²) in [4.78, 5) is 3.37. The molecule has 0 N–H and O–H groups in total. The van der Waals surface area contributed by atoms with E-state index in [1.165, 1.54) is 0 Å². The first-order valence-electron chi connectivity index (χ1n) is 3.09. The minimum atomic E-state index is -0.0614. The molecule has 52 valence electrons. The van der Waals surface area contributed by atoms with Crippen LogP contribution < -0.4 is 0 Å². The Labute approximate surface area is 60.1 Å². The zero-order valence-electron chi connectivity index (χ0n) is 6.07. The van der Waals surface area contributed by atoms with Gasteiger partial charge in [0.05, 0.1) is 11.8 Å². The molecule has 1 aromatic rings. The lowest BCUT2D eigenvalue weighted by Crippen LogP contribution is -1.85. The maximum absolute atomic E-state index is 6.74. The van der Waals surface area contributed by atoms with Crippen LogP contribution >= 0.6 is 0 Å². The first-order chi connectivity index (χ1) is 4.74. The second-order valence-electron chi connectivity index (χ2n) is 2.25. The summed E-state index contributed by atoms with van der Waals surface area (Å²) in [5.74, 6) is 0. The first kappa shape index (κ1) is 6.81. The number of aromatic nitrogens is 2. The van der Waals surface area contributed by atoms with E-state index in [4.69, 9.17) is 6.57 Å². The molecule has 3 nitrogen and oxygen atoms in total. The van der Waals surface area contributed by atoms with E-state index >= 15 is 0 Å². The molecule has 0 aromatic carbocycles. The summed E-state index contributed by atoms with van der Waals surface area (Å²) in [6.07, 6.45) is 3.59. The Morgan fingerprint density at radius 1 is 1.80 bits per heavy atom. The third-order valence-corrected chi connectivity index (χ3v) is 1.40. The Morgan fingerprint density at radius 2 is 2.50 bits per heavy atom. The molecular formula is C7H9N3. The predicted molar refractivity (Wildman–Crippen MR) is 38.2 cm³/mol. The van der Waals surface area contributed by atoms with E-state index in [-0.39, 0.29) is 6.04 Å². The second-order valence-corrected chi connectivity index (χ2v) is 2.25. The summed E-state index contributed by atoms with van der Waals surface area (Å²) >= 11 is 0. The Bertz CT molecular complexity index is 256. The van der Waals surface area contributed by atoms with E-state index in [1.807, 2.05) is 20.2 Å². The summed E-state index contributed by atoms with van der Waals surface area (Å²) in [7, 11) is 1.85. The molecule has 1 rings (SSSR count). The fourth-order valence-electron chi connectivity index (χ4n) is 0.730. The van der Waals surface area contributed by atoms with E-state index in [0.29, 0.717) is 0 Å². The van der Waals surface area contributed by atoms with E-state index in [2.05, 4.69) is 9.94 Å². The van der Waals surface area contributed by atoms with Gasteiger partial charge in [0.2, 0.25) is 6.04 Å². The molecular weight excluding hydrogens is 126 g/mol. The van der Waals surface area contributed by atoms with Gasteiger partial charge in [-0.15, -0.1) is 0 Å². The van der Waals surface area contributed by atoms with Gasteiger partial charge in [0.1, 0.15) is 0 Å². The van der Waals surface area contributed by atoms with Crippen LogP contribution in [-0.4, -0.2) is 9.78 Å². The molecule has 0 spiro atoms. The third kappa shape index (κ3) is 1.16. The van der Waals surface area contributed by atoms with Crippen LogP contribution in [0.1, 0.15) is 18.5 Å². The number of rotatable bonds is 1. The predicted octanol–water partition coefficient (Wildman–Crippen LogP) is 1.40. The highest BCUT2D eigenvalue weighted by Crippen LogP contribution is 2.13. The molecule has 0 radical (unpaired) electrons. The minimum Gasteiger partial charge on any atom is -0.309 e. The fourth-order valence-corrected chi connectivity index (χ4v) is 0.730. The van der Waals surface area contributed by atoms with Crippen molar-refractivity contribution in [1.29, 1.82) is 0 Å². The lowest BCUT2D eigenvalue weighted by molar-refractivity contribution is 0.766. The van der Waals surface area contributed by atoms with Gasteiger partial charge >= 0.3 is 0 Å². The number of hydrogen-bond acceptors (Lipinski definition) is 1. The number of aryl methyl sites for hydroxylation is 1. The van der Waals surface area contributed by atoms with Crippen LogP contribution in [0, 0.1) is 6.57 Å². The first-order valence-corrected chi connectivity index (χ1v) is 3.09. The van der Waals surface area contributed by atoms with Crippen molar-refractivity contribution in [3.05, 3.63) is 29.4 Å². The molecule has 1 unspecified atom stereocenters.